The lowest BCUT2D eigenvalue weighted by atomic mass is 10.2. The molecule has 1 aliphatic rings. The minimum absolute atomic E-state index is 0.0229. The third-order valence-corrected chi connectivity index (χ3v) is 5.93. The lowest BCUT2D eigenvalue weighted by Crippen LogP contribution is -2.33. The number of nitrogens with zero attached hydrogens (tertiary/aromatic N) is 1. The van der Waals surface area contributed by atoms with Crippen LogP contribution in [0.1, 0.15) is 10.4 Å². The summed E-state index contributed by atoms with van der Waals surface area (Å²) >= 11 is 9.54. The van der Waals surface area contributed by atoms with Gasteiger partial charge in [-0.05, 0) is 12.1 Å². The maximum Gasteiger partial charge on any atom is 0.287 e. The number of benzene rings is 1. The van der Waals surface area contributed by atoms with Gasteiger partial charge in [-0.3, -0.25) is 14.9 Å². The Hall–Kier alpha value is -0.920. The van der Waals surface area contributed by atoms with Gasteiger partial charge in [-0.25, -0.2) is 0 Å². The summed E-state index contributed by atoms with van der Waals surface area (Å²) in [6.07, 6.45) is 0. The van der Waals surface area contributed by atoms with E-state index in [1.807, 2.05) is 23.5 Å². The van der Waals surface area contributed by atoms with Crippen LogP contribution in [-0.4, -0.2) is 39.9 Å². The molecule has 1 aromatic carbocycles. The van der Waals surface area contributed by atoms with Crippen LogP contribution in [0.2, 0.25) is 5.02 Å². The SMILES string of the molecule is O=C(NC[C@@H]1CSCCS1)c1ccc([N+](=O)[O-])c(Cl)c1. The molecule has 1 saturated heterocycles. The fraction of sp³-hybridized carbons (Fsp3) is 0.417. The number of hydrogen-bond acceptors (Lipinski definition) is 5. The number of nitrogens with one attached hydrogen (secondary N) is 1. The summed E-state index contributed by atoms with van der Waals surface area (Å²) in [5.41, 5.74) is 0.150. The largest absolute Gasteiger partial charge is 0.351 e. The van der Waals surface area contributed by atoms with Gasteiger partial charge in [0.15, 0.2) is 0 Å². The molecule has 1 aliphatic heterocycles. The fourth-order valence-electron chi connectivity index (χ4n) is 1.76. The van der Waals surface area contributed by atoms with Crippen LogP contribution in [0.3, 0.4) is 0 Å². The molecule has 2 rings (SSSR count). The molecule has 1 fully saturated rings. The first-order valence-electron chi connectivity index (χ1n) is 5.99. The first kappa shape index (κ1) is 15.5. The Bertz CT molecular complexity index is 521. The van der Waals surface area contributed by atoms with E-state index in [4.69, 9.17) is 11.6 Å². The summed E-state index contributed by atoms with van der Waals surface area (Å²) in [6.45, 7) is 0.602. The molecule has 0 spiro atoms. The highest BCUT2D eigenvalue weighted by molar-refractivity contribution is 8.06. The molecule has 1 aromatic rings. The second kappa shape index (κ2) is 7.19. The van der Waals surface area contributed by atoms with Crippen molar-refractivity contribution in [3.05, 3.63) is 38.9 Å². The fourth-order valence-corrected chi connectivity index (χ4v) is 4.62. The summed E-state index contributed by atoms with van der Waals surface area (Å²) in [5.74, 6) is 3.05. The van der Waals surface area contributed by atoms with Crippen LogP contribution in [-0.2, 0) is 0 Å². The first-order chi connectivity index (χ1) is 9.58. The second-order valence-electron chi connectivity index (χ2n) is 4.20. The van der Waals surface area contributed by atoms with Crippen molar-refractivity contribution in [3.63, 3.8) is 0 Å². The Balaban J connectivity index is 1.95. The summed E-state index contributed by atoms with van der Waals surface area (Å²) in [7, 11) is 0. The molecule has 0 aliphatic carbocycles. The zero-order valence-electron chi connectivity index (χ0n) is 10.5. The minimum atomic E-state index is -0.570. The summed E-state index contributed by atoms with van der Waals surface area (Å²) in [6, 6.07) is 4.00. The Morgan fingerprint density at radius 3 is 2.90 bits per heavy atom. The van der Waals surface area contributed by atoms with E-state index in [2.05, 4.69) is 5.32 Å². The topological polar surface area (TPSA) is 72.2 Å². The van der Waals surface area contributed by atoms with Crippen LogP contribution in [0.4, 0.5) is 5.69 Å². The Morgan fingerprint density at radius 1 is 1.50 bits per heavy atom. The highest BCUT2D eigenvalue weighted by Gasteiger charge is 2.18. The molecule has 1 amide bonds. The average Bonchev–Trinajstić information content (AvgIpc) is 2.45. The van der Waals surface area contributed by atoms with Crippen LogP contribution in [0.25, 0.3) is 0 Å². The molecule has 8 heteroatoms. The number of thioether (sulfide) groups is 2. The number of carbonyl (C=O) groups excluding carboxylic acids is 1. The molecule has 20 heavy (non-hydrogen) atoms. The summed E-state index contributed by atoms with van der Waals surface area (Å²) in [5, 5.41) is 13.9. The van der Waals surface area contributed by atoms with E-state index in [0.29, 0.717) is 17.4 Å². The van der Waals surface area contributed by atoms with Crippen molar-refractivity contribution in [2.75, 3.05) is 23.8 Å². The maximum absolute atomic E-state index is 12.0. The maximum atomic E-state index is 12.0. The zero-order valence-corrected chi connectivity index (χ0v) is 12.9. The zero-order chi connectivity index (χ0) is 14.5. The Kier molecular flexibility index (Phi) is 5.56. The number of nitro groups is 1. The number of nitro benzene ring substituents is 1. The van der Waals surface area contributed by atoms with E-state index in [1.54, 1.807) is 0 Å². The van der Waals surface area contributed by atoms with E-state index in [9.17, 15) is 14.9 Å². The van der Waals surface area contributed by atoms with E-state index < -0.39 is 4.92 Å². The third kappa shape index (κ3) is 4.04. The number of amides is 1. The van der Waals surface area contributed by atoms with Crippen molar-refractivity contribution in [2.45, 2.75) is 5.25 Å². The Labute approximate surface area is 130 Å². The first-order valence-corrected chi connectivity index (χ1v) is 8.57. The smallest absolute Gasteiger partial charge is 0.287 e. The summed E-state index contributed by atoms with van der Waals surface area (Å²) < 4.78 is 0. The van der Waals surface area contributed by atoms with Gasteiger partial charge in [-0.1, -0.05) is 11.6 Å². The lowest BCUT2D eigenvalue weighted by Gasteiger charge is -2.21. The monoisotopic (exact) mass is 332 g/mol. The van der Waals surface area contributed by atoms with Gasteiger partial charge in [-0.15, -0.1) is 0 Å². The molecular weight excluding hydrogens is 320 g/mol. The lowest BCUT2D eigenvalue weighted by molar-refractivity contribution is -0.384. The number of hydrogen-bond donors (Lipinski definition) is 1. The molecule has 0 aromatic heterocycles. The average molecular weight is 333 g/mol. The molecular formula is C12H13ClN2O3S2. The van der Waals surface area contributed by atoms with Crippen molar-refractivity contribution in [1.82, 2.24) is 5.32 Å². The number of rotatable bonds is 4. The van der Waals surface area contributed by atoms with E-state index in [1.165, 1.54) is 18.2 Å². The van der Waals surface area contributed by atoms with Crippen molar-refractivity contribution < 1.29 is 9.72 Å². The van der Waals surface area contributed by atoms with Gasteiger partial charge in [0.25, 0.3) is 11.6 Å². The van der Waals surface area contributed by atoms with Crippen LogP contribution < -0.4 is 5.32 Å². The molecule has 1 atom stereocenters. The quantitative estimate of drug-likeness (QED) is 0.678. The Morgan fingerprint density at radius 2 is 2.30 bits per heavy atom. The van der Waals surface area contributed by atoms with Crippen LogP contribution >= 0.6 is 35.1 Å². The van der Waals surface area contributed by atoms with Gasteiger partial charge in [0.1, 0.15) is 5.02 Å². The van der Waals surface area contributed by atoms with Crippen LogP contribution in [0.5, 0.6) is 0 Å². The van der Waals surface area contributed by atoms with Crippen LogP contribution in [0.15, 0.2) is 18.2 Å². The molecule has 108 valence electrons. The second-order valence-corrected chi connectivity index (χ2v) is 7.17. The van der Waals surface area contributed by atoms with Crippen LogP contribution in [0, 0.1) is 10.1 Å². The third-order valence-electron chi connectivity index (χ3n) is 2.78. The normalized spacial score (nSPS) is 18.6. The van der Waals surface area contributed by atoms with Gasteiger partial charge in [0.2, 0.25) is 0 Å². The van der Waals surface area contributed by atoms with Gasteiger partial charge in [-0.2, -0.15) is 23.5 Å². The predicted molar refractivity (Wildman–Crippen MR) is 84.0 cm³/mol. The van der Waals surface area contributed by atoms with Gasteiger partial charge in [0.05, 0.1) is 4.92 Å². The highest BCUT2D eigenvalue weighted by atomic mass is 35.5. The molecule has 0 unspecified atom stereocenters. The predicted octanol–water partition coefficient (Wildman–Crippen LogP) is 2.83. The van der Waals surface area contributed by atoms with Gasteiger partial charge >= 0.3 is 0 Å². The van der Waals surface area contributed by atoms with Crippen molar-refractivity contribution in [1.29, 1.82) is 0 Å². The van der Waals surface area contributed by atoms with Crippen molar-refractivity contribution >= 4 is 46.7 Å². The van der Waals surface area contributed by atoms with E-state index >= 15 is 0 Å². The standard InChI is InChI=1S/C12H13ClN2O3S2/c13-10-5-8(1-2-11(10)15(17)18)12(16)14-6-9-7-19-3-4-20-9/h1-2,5,9H,3-4,6-7H2,(H,14,16)/t9-/m1/s1. The highest BCUT2D eigenvalue weighted by Crippen LogP contribution is 2.25. The van der Waals surface area contributed by atoms with Crippen molar-refractivity contribution in [2.24, 2.45) is 0 Å². The van der Waals surface area contributed by atoms with Gasteiger partial charge < -0.3 is 5.32 Å². The molecule has 1 heterocycles. The molecule has 5 nitrogen and oxygen atoms in total. The molecule has 0 radical (unpaired) electrons. The number of halogens is 1. The van der Waals surface area contributed by atoms with E-state index in [0.717, 1.165) is 17.3 Å². The minimum Gasteiger partial charge on any atom is -0.351 e. The molecule has 0 saturated carbocycles. The van der Waals surface area contributed by atoms with Crippen molar-refractivity contribution in [3.8, 4) is 0 Å². The summed E-state index contributed by atoms with van der Waals surface area (Å²) in [4.78, 5) is 22.0. The molecule has 1 N–H and O–H groups in total. The number of carbonyl (C=O) groups is 1. The molecule has 0 bridgehead atoms. The van der Waals surface area contributed by atoms with Gasteiger partial charge in [0, 0.05) is 40.7 Å². The van der Waals surface area contributed by atoms with E-state index in [-0.39, 0.29) is 16.6 Å².